The van der Waals surface area contributed by atoms with Crippen molar-refractivity contribution < 1.29 is 19.3 Å². The zero-order chi connectivity index (χ0) is 9.19. The van der Waals surface area contributed by atoms with Crippen molar-refractivity contribution in [2.45, 2.75) is 37.9 Å². The number of hydrogen-bond acceptors (Lipinski definition) is 4. The average molecular weight is 176 g/mol. The highest BCUT2D eigenvalue weighted by molar-refractivity contribution is 4.77. The van der Waals surface area contributed by atoms with Crippen LogP contribution in [0.3, 0.4) is 0 Å². The van der Waals surface area contributed by atoms with Crippen LogP contribution in [-0.2, 0) is 14.2 Å². The molecule has 1 heterocycles. The lowest BCUT2D eigenvalue weighted by atomic mass is 10.1. The summed E-state index contributed by atoms with van der Waals surface area (Å²) in [4.78, 5) is 0. The molecule has 4 nitrogen and oxygen atoms in total. The normalized spacial score (nSPS) is 43.0. The first-order valence-electron chi connectivity index (χ1n) is 4.10. The summed E-state index contributed by atoms with van der Waals surface area (Å²) in [5.41, 5.74) is 0. The van der Waals surface area contributed by atoms with E-state index in [9.17, 15) is 5.11 Å². The van der Waals surface area contributed by atoms with Gasteiger partial charge in [0.15, 0.2) is 0 Å². The van der Waals surface area contributed by atoms with E-state index in [4.69, 9.17) is 14.2 Å². The van der Waals surface area contributed by atoms with Crippen LogP contribution in [0.5, 0.6) is 0 Å². The Bertz CT molecular complexity index is 150. The Labute approximate surface area is 72.4 Å². The molecule has 0 spiro atoms. The molecule has 0 aromatic rings. The number of hydrogen-bond donors (Lipinski definition) is 1. The molecule has 4 heteroatoms. The van der Waals surface area contributed by atoms with Crippen LogP contribution < -0.4 is 0 Å². The van der Waals surface area contributed by atoms with Gasteiger partial charge in [0.2, 0.25) is 0 Å². The van der Waals surface area contributed by atoms with Crippen molar-refractivity contribution in [2.75, 3.05) is 14.2 Å². The van der Waals surface area contributed by atoms with Gasteiger partial charge in [-0.3, -0.25) is 0 Å². The Morgan fingerprint density at radius 2 is 2.08 bits per heavy atom. The first-order chi connectivity index (χ1) is 5.62. The molecule has 1 saturated heterocycles. The van der Waals surface area contributed by atoms with Gasteiger partial charge in [-0.05, 0) is 19.8 Å². The standard InChI is InChI=1S/C8H16O4/c1-6-4-5-7(10-2)8(9,11-3)12-6/h6-7,9H,4-5H2,1-3H3. The zero-order valence-electron chi connectivity index (χ0n) is 7.74. The summed E-state index contributed by atoms with van der Waals surface area (Å²) in [5.74, 6) is -1.56. The Morgan fingerprint density at radius 1 is 1.42 bits per heavy atom. The van der Waals surface area contributed by atoms with E-state index in [1.807, 2.05) is 6.92 Å². The monoisotopic (exact) mass is 176 g/mol. The van der Waals surface area contributed by atoms with E-state index < -0.39 is 12.1 Å². The number of rotatable bonds is 2. The molecule has 1 fully saturated rings. The van der Waals surface area contributed by atoms with E-state index in [1.54, 1.807) is 0 Å². The van der Waals surface area contributed by atoms with Gasteiger partial charge in [0.1, 0.15) is 6.10 Å². The Kier molecular flexibility index (Phi) is 3.06. The first-order valence-corrected chi connectivity index (χ1v) is 4.10. The van der Waals surface area contributed by atoms with Crippen LogP contribution in [0.15, 0.2) is 0 Å². The molecule has 3 unspecified atom stereocenters. The highest BCUT2D eigenvalue weighted by Gasteiger charge is 2.43. The minimum atomic E-state index is -1.56. The lowest BCUT2D eigenvalue weighted by Gasteiger charge is -2.39. The Balaban J connectivity index is 2.63. The molecule has 1 N–H and O–H groups in total. The smallest absolute Gasteiger partial charge is 0.308 e. The van der Waals surface area contributed by atoms with Gasteiger partial charge in [-0.1, -0.05) is 0 Å². The SMILES string of the molecule is COC1CCC(C)OC1(O)OC. The number of aliphatic hydroxyl groups is 1. The molecule has 0 aromatic carbocycles. The highest BCUT2D eigenvalue weighted by Crippen LogP contribution is 2.29. The summed E-state index contributed by atoms with van der Waals surface area (Å²) in [5, 5.41) is 9.74. The van der Waals surface area contributed by atoms with Crippen molar-refractivity contribution in [1.82, 2.24) is 0 Å². The molecule has 72 valence electrons. The molecule has 0 aromatic heterocycles. The molecule has 1 aliphatic heterocycles. The highest BCUT2D eigenvalue weighted by atomic mass is 16.8. The van der Waals surface area contributed by atoms with Crippen LogP contribution in [-0.4, -0.2) is 37.5 Å². The summed E-state index contributed by atoms with van der Waals surface area (Å²) < 4.78 is 15.1. The van der Waals surface area contributed by atoms with Gasteiger partial charge >= 0.3 is 5.97 Å². The topological polar surface area (TPSA) is 47.9 Å². The van der Waals surface area contributed by atoms with Gasteiger partial charge in [-0.15, -0.1) is 0 Å². The van der Waals surface area contributed by atoms with E-state index in [0.29, 0.717) is 0 Å². The molecule has 12 heavy (non-hydrogen) atoms. The maximum Gasteiger partial charge on any atom is 0.308 e. The van der Waals surface area contributed by atoms with Gasteiger partial charge < -0.3 is 19.3 Å². The van der Waals surface area contributed by atoms with Crippen LogP contribution in [0.25, 0.3) is 0 Å². The lowest BCUT2D eigenvalue weighted by Crippen LogP contribution is -2.52. The van der Waals surface area contributed by atoms with Crippen LogP contribution in [0.4, 0.5) is 0 Å². The largest absolute Gasteiger partial charge is 0.373 e. The van der Waals surface area contributed by atoms with Gasteiger partial charge in [-0.25, -0.2) is 0 Å². The van der Waals surface area contributed by atoms with Crippen molar-refractivity contribution in [1.29, 1.82) is 0 Å². The van der Waals surface area contributed by atoms with Crippen molar-refractivity contribution in [2.24, 2.45) is 0 Å². The molecule has 0 aliphatic carbocycles. The summed E-state index contributed by atoms with van der Waals surface area (Å²) in [6.07, 6.45) is 1.26. The molecule has 3 atom stereocenters. The molecular formula is C8H16O4. The third kappa shape index (κ3) is 1.77. The number of ether oxygens (including phenoxy) is 3. The molecule has 1 aliphatic rings. The molecule has 0 saturated carbocycles. The third-order valence-corrected chi connectivity index (χ3v) is 2.19. The minimum absolute atomic E-state index is 0.0151. The van der Waals surface area contributed by atoms with Crippen LogP contribution in [0.1, 0.15) is 19.8 Å². The predicted molar refractivity (Wildman–Crippen MR) is 42.5 cm³/mol. The maximum absolute atomic E-state index is 9.74. The summed E-state index contributed by atoms with van der Waals surface area (Å²) in [7, 11) is 2.94. The van der Waals surface area contributed by atoms with E-state index in [-0.39, 0.29) is 6.10 Å². The Morgan fingerprint density at radius 3 is 2.58 bits per heavy atom. The van der Waals surface area contributed by atoms with Crippen molar-refractivity contribution in [3.8, 4) is 0 Å². The third-order valence-electron chi connectivity index (χ3n) is 2.19. The van der Waals surface area contributed by atoms with Crippen molar-refractivity contribution in [3.63, 3.8) is 0 Å². The van der Waals surface area contributed by atoms with Crippen molar-refractivity contribution >= 4 is 0 Å². The van der Waals surface area contributed by atoms with Crippen LogP contribution in [0.2, 0.25) is 0 Å². The molecule has 1 rings (SSSR count). The summed E-state index contributed by atoms with van der Waals surface area (Å²) in [6, 6.07) is 0. The zero-order valence-corrected chi connectivity index (χ0v) is 7.74. The quantitative estimate of drug-likeness (QED) is 0.622. The first kappa shape index (κ1) is 9.92. The molecule has 0 radical (unpaired) electrons. The lowest BCUT2D eigenvalue weighted by molar-refractivity contribution is -0.415. The van der Waals surface area contributed by atoms with E-state index >= 15 is 0 Å². The van der Waals surface area contributed by atoms with Gasteiger partial charge in [-0.2, -0.15) is 0 Å². The maximum atomic E-state index is 9.74. The summed E-state index contributed by atoms with van der Waals surface area (Å²) in [6.45, 7) is 1.90. The van der Waals surface area contributed by atoms with Gasteiger partial charge in [0, 0.05) is 14.2 Å². The summed E-state index contributed by atoms with van der Waals surface area (Å²) >= 11 is 0. The Hall–Kier alpha value is -0.160. The molecular weight excluding hydrogens is 160 g/mol. The second-order valence-corrected chi connectivity index (χ2v) is 3.06. The minimum Gasteiger partial charge on any atom is -0.373 e. The van der Waals surface area contributed by atoms with E-state index in [2.05, 4.69) is 0 Å². The number of methoxy groups -OCH3 is 2. The van der Waals surface area contributed by atoms with E-state index in [0.717, 1.165) is 12.8 Å². The van der Waals surface area contributed by atoms with E-state index in [1.165, 1.54) is 14.2 Å². The molecule has 0 amide bonds. The second kappa shape index (κ2) is 3.70. The molecule has 0 bridgehead atoms. The van der Waals surface area contributed by atoms with Gasteiger partial charge in [0.05, 0.1) is 6.10 Å². The van der Waals surface area contributed by atoms with Crippen LogP contribution in [0, 0.1) is 0 Å². The van der Waals surface area contributed by atoms with Crippen LogP contribution >= 0.6 is 0 Å². The fourth-order valence-electron chi connectivity index (χ4n) is 1.44. The van der Waals surface area contributed by atoms with Crippen molar-refractivity contribution in [3.05, 3.63) is 0 Å². The second-order valence-electron chi connectivity index (χ2n) is 3.06. The fourth-order valence-corrected chi connectivity index (χ4v) is 1.44. The fraction of sp³-hybridized carbons (Fsp3) is 1.00. The van der Waals surface area contributed by atoms with Gasteiger partial charge in [0.25, 0.3) is 0 Å². The predicted octanol–water partition coefficient (Wildman–Crippen LogP) is 0.493. The average Bonchev–Trinajstić information content (AvgIpc) is 2.05.